The zero-order valence-corrected chi connectivity index (χ0v) is 8.18. The van der Waals surface area contributed by atoms with E-state index < -0.39 is 0 Å². The molecule has 0 aliphatic heterocycles. The van der Waals surface area contributed by atoms with Crippen LogP contribution >= 0.6 is 0 Å². The van der Waals surface area contributed by atoms with Gasteiger partial charge in [-0.1, -0.05) is 0 Å². The number of hydrogen-bond donors (Lipinski definition) is 2. The van der Waals surface area contributed by atoms with Crippen LogP contribution in [-0.2, 0) is 0 Å². The zero-order chi connectivity index (χ0) is 11.4. The van der Waals surface area contributed by atoms with Crippen molar-refractivity contribution in [3.8, 4) is 0 Å². The summed E-state index contributed by atoms with van der Waals surface area (Å²) in [6, 6.07) is 4.35. The smallest absolute Gasteiger partial charge is 0.259 e. The highest BCUT2D eigenvalue weighted by molar-refractivity contribution is 6.02. The number of amides is 1. The number of carbonyl (C=O) groups is 1. The molecule has 0 radical (unpaired) electrons. The Kier molecular flexibility index (Phi) is 2.73. The highest BCUT2D eigenvalue weighted by Crippen LogP contribution is 1.99. The molecule has 2 aromatic heterocycles. The van der Waals surface area contributed by atoms with E-state index in [0.29, 0.717) is 5.56 Å². The van der Waals surface area contributed by atoms with E-state index in [4.69, 9.17) is 0 Å². The van der Waals surface area contributed by atoms with Gasteiger partial charge < -0.3 is 4.98 Å². The third-order valence-corrected chi connectivity index (χ3v) is 1.84. The molecule has 16 heavy (non-hydrogen) atoms. The second-order valence-electron chi connectivity index (χ2n) is 2.97. The molecule has 0 aromatic carbocycles. The van der Waals surface area contributed by atoms with Gasteiger partial charge in [0.2, 0.25) is 11.5 Å². The number of hydrogen-bond acceptors (Lipinski definition) is 4. The summed E-state index contributed by atoms with van der Waals surface area (Å²) in [4.78, 5) is 32.5. The fourth-order valence-electron chi connectivity index (χ4n) is 1.09. The largest absolute Gasteiger partial charge is 0.328 e. The van der Waals surface area contributed by atoms with Gasteiger partial charge in [0.05, 0.1) is 5.56 Å². The van der Waals surface area contributed by atoms with Gasteiger partial charge in [-0.05, 0) is 12.1 Å². The van der Waals surface area contributed by atoms with Crippen molar-refractivity contribution in [3.63, 3.8) is 0 Å². The Labute approximate surface area is 90.4 Å². The van der Waals surface area contributed by atoms with Crippen LogP contribution in [0.3, 0.4) is 0 Å². The van der Waals surface area contributed by atoms with E-state index in [-0.39, 0.29) is 17.4 Å². The Morgan fingerprint density at radius 1 is 1.25 bits per heavy atom. The molecule has 0 spiro atoms. The third-order valence-electron chi connectivity index (χ3n) is 1.84. The number of nitrogens with one attached hydrogen (secondary N) is 2. The first kappa shape index (κ1) is 10.0. The van der Waals surface area contributed by atoms with Crippen LogP contribution in [0.5, 0.6) is 0 Å². The van der Waals surface area contributed by atoms with Gasteiger partial charge in [0, 0.05) is 24.7 Å². The van der Waals surface area contributed by atoms with Crippen LogP contribution in [0, 0.1) is 0 Å². The highest BCUT2D eigenvalue weighted by Gasteiger charge is 2.06. The van der Waals surface area contributed by atoms with Gasteiger partial charge in [-0.25, -0.2) is 9.97 Å². The number of carbonyl (C=O) groups excluding carboxylic acids is 1. The van der Waals surface area contributed by atoms with E-state index in [1.165, 1.54) is 30.7 Å². The van der Waals surface area contributed by atoms with Crippen LogP contribution in [-0.4, -0.2) is 20.9 Å². The molecule has 80 valence electrons. The quantitative estimate of drug-likeness (QED) is 0.761. The van der Waals surface area contributed by atoms with Gasteiger partial charge in [0.15, 0.2) is 0 Å². The number of rotatable bonds is 2. The summed E-state index contributed by atoms with van der Waals surface area (Å²) in [5.41, 5.74) is 0.0829. The molecule has 2 heterocycles. The zero-order valence-electron chi connectivity index (χ0n) is 8.18. The fraction of sp³-hybridized carbons (Fsp3) is 0. The molecule has 0 aliphatic rings. The predicted octanol–water partition coefficient (Wildman–Crippen LogP) is 0.417. The molecule has 1 amide bonds. The second-order valence-corrected chi connectivity index (χ2v) is 2.97. The number of anilines is 1. The average Bonchev–Trinajstić information content (AvgIpc) is 2.31. The summed E-state index contributed by atoms with van der Waals surface area (Å²) >= 11 is 0. The van der Waals surface area contributed by atoms with E-state index in [1.807, 2.05) is 0 Å². The molecule has 0 bridgehead atoms. The summed E-state index contributed by atoms with van der Waals surface area (Å²) < 4.78 is 0. The molecular formula is C10H8N4O2. The van der Waals surface area contributed by atoms with E-state index in [9.17, 15) is 9.59 Å². The topological polar surface area (TPSA) is 87.7 Å². The lowest BCUT2D eigenvalue weighted by Crippen LogP contribution is -2.15. The van der Waals surface area contributed by atoms with Gasteiger partial charge in [0.1, 0.15) is 0 Å². The van der Waals surface area contributed by atoms with Gasteiger partial charge in [-0.3, -0.25) is 14.9 Å². The van der Waals surface area contributed by atoms with Crippen LogP contribution in [0.1, 0.15) is 10.4 Å². The summed E-state index contributed by atoms with van der Waals surface area (Å²) in [6.45, 7) is 0. The summed E-state index contributed by atoms with van der Waals surface area (Å²) in [6.07, 6.45) is 4.38. The molecule has 0 aliphatic carbocycles. The van der Waals surface area contributed by atoms with E-state index in [0.717, 1.165) is 0 Å². The predicted molar refractivity (Wildman–Crippen MR) is 57.0 cm³/mol. The molecule has 0 fully saturated rings. The standard InChI is InChI=1S/C10H8N4O2/c15-8-3-2-7(6-13-8)9(16)14-10-11-4-1-5-12-10/h1-6H,(H,13,15)(H,11,12,14,16). The lowest BCUT2D eigenvalue weighted by atomic mass is 10.3. The van der Waals surface area contributed by atoms with Crippen molar-refractivity contribution in [2.75, 3.05) is 5.32 Å². The molecule has 2 N–H and O–H groups in total. The molecule has 2 aromatic rings. The SMILES string of the molecule is O=C(Nc1ncccn1)c1ccc(=O)[nH]c1. The van der Waals surface area contributed by atoms with Gasteiger partial charge >= 0.3 is 0 Å². The van der Waals surface area contributed by atoms with Crippen LogP contribution < -0.4 is 10.9 Å². The summed E-state index contributed by atoms with van der Waals surface area (Å²) in [5.74, 6) is -0.152. The minimum Gasteiger partial charge on any atom is -0.328 e. The number of nitrogens with zero attached hydrogens (tertiary/aromatic N) is 2. The first-order valence-corrected chi connectivity index (χ1v) is 4.53. The highest BCUT2D eigenvalue weighted by atomic mass is 16.2. The Bertz CT molecular complexity index is 530. The minimum absolute atomic E-state index is 0.221. The fourth-order valence-corrected chi connectivity index (χ4v) is 1.09. The first-order valence-electron chi connectivity index (χ1n) is 4.53. The lowest BCUT2D eigenvalue weighted by Gasteiger charge is -2.01. The van der Waals surface area contributed by atoms with Gasteiger partial charge in [-0.15, -0.1) is 0 Å². The number of aromatic nitrogens is 3. The van der Waals surface area contributed by atoms with Crippen LogP contribution in [0.15, 0.2) is 41.6 Å². The second kappa shape index (κ2) is 4.35. The molecule has 0 saturated carbocycles. The van der Waals surface area contributed by atoms with Crippen molar-refractivity contribution in [1.29, 1.82) is 0 Å². The molecule has 0 unspecified atom stereocenters. The third kappa shape index (κ3) is 2.30. The number of pyridine rings is 1. The van der Waals surface area contributed by atoms with E-state index >= 15 is 0 Å². The van der Waals surface area contributed by atoms with Crippen molar-refractivity contribution in [2.24, 2.45) is 0 Å². The number of aromatic amines is 1. The van der Waals surface area contributed by atoms with Crippen LogP contribution in [0.2, 0.25) is 0 Å². The Morgan fingerprint density at radius 2 is 2.00 bits per heavy atom. The maximum absolute atomic E-state index is 11.6. The van der Waals surface area contributed by atoms with Gasteiger partial charge in [-0.2, -0.15) is 0 Å². The minimum atomic E-state index is -0.373. The Hall–Kier alpha value is -2.50. The molecule has 6 nitrogen and oxygen atoms in total. The van der Waals surface area contributed by atoms with Crippen molar-refractivity contribution in [3.05, 3.63) is 52.7 Å². The molecular weight excluding hydrogens is 208 g/mol. The summed E-state index contributed by atoms with van der Waals surface area (Å²) in [7, 11) is 0. The van der Waals surface area contributed by atoms with Crippen molar-refractivity contribution in [1.82, 2.24) is 15.0 Å². The Morgan fingerprint density at radius 3 is 2.62 bits per heavy atom. The first-order chi connectivity index (χ1) is 7.75. The van der Waals surface area contributed by atoms with E-state index in [2.05, 4.69) is 20.3 Å². The molecule has 0 saturated heterocycles. The average molecular weight is 216 g/mol. The van der Waals surface area contributed by atoms with Crippen molar-refractivity contribution in [2.45, 2.75) is 0 Å². The van der Waals surface area contributed by atoms with Crippen LogP contribution in [0.4, 0.5) is 5.95 Å². The van der Waals surface area contributed by atoms with Crippen molar-refractivity contribution < 1.29 is 4.79 Å². The number of H-pyrrole nitrogens is 1. The maximum atomic E-state index is 11.6. The normalized spacial score (nSPS) is 9.75. The Balaban J connectivity index is 2.15. The molecule has 6 heteroatoms. The maximum Gasteiger partial charge on any atom is 0.259 e. The van der Waals surface area contributed by atoms with E-state index in [1.54, 1.807) is 6.07 Å². The van der Waals surface area contributed by atoms with Gasteiger partial charge in [0.25, 0.3) is 5.91 Å². The summed E-state index contributed by atoms with van der Waals surface area (Å²) in [5, 5.41) is 2.49. The van der Waals surface area contributed by atoms with Crippen LogP contribution in [0.25, 0.3) is 0 Å². The monoisotopic (exact) mass is 216 g/mol. The lowest BCUT2D eigenvalue weighted by molar-refractivity contribution is 0.102. The molecule has 2 rings (SSSR count). The molecule has 0 atom stereocenters. The van der Waals surface area contributed by atoms with Crippen molar-refractivity contribution >= 4 is 11.9 Å².